The number of hydrogen-bond acceptors (Lipinski definition) is 7. The Kier molecular flexibility index (Phi) is 7.54. The molecule has 0 amide bonds. The number of rotatable bonds is 7. The highest BCUT2D eigenvalue weighted by atomic mass is 35.5. The van der Waals surface area contributed by atoms with E-state index in [-0.39, 0.29) is 11.3 Å². The van der Waals surface area contributed by atoms with E-state index in [0.717, 1.165) is 19.6 Å². The van der Waals surface area contributed by atoms with Crippen LogP contribution < -0.4 is 9.64 Å². The van der Waals surface area contributed by atoms with Gasteiger partial charge in [0.15, 0.2) is 0 Å². The fourth-order valence-electron chi connectivity index (χ4n) is 3.41. The molecule has 1 fully saturated rings. The minimum Gasteiger partial charge on any atom is -0.491 e. The number of carbonyl (C=O) groups is 2. The maximum atomic E-state index is 12.5. The Labute approximate surface area is 181 Å². The van der Waals surface area contributed by atoms with Crippen molar-refractivity contribution in [2.24, 2.45) is 0 Å². The molecule has 0 N–H and O–H groups in total. The van der Waals surface area contributed by atoms with Crippen LogP contribution >= 0.6 is 11.6 Å². The van der Waals surface area contributed by atoms with E-state index < -0.39 is 11.9 Å². The van der Waals surface area contributed by atoms with Gasteiger partial charge in [-0.15, -0.1) is 0 Å². The third-order valence-electron chi connectivity index (χ3n) is 4.95. The summed E-state index contributed by atoms with van der Waals surface area (Å²) >= 11 is 6.44. The molecular weight excluding hydrogens is 408 g/mol. The first-order chi connectivity index (χ1) is 14.5. The lowest BCUT2D eigenvalue weighted by molar-refractivity contribution is -0.139. The molecule has 2 heterocycles. The predicted octanol–water partition coefficient (Wildman–Crippen LogP) is 3.30. The van der Waals surface area contributed by atoms with Crippen LogP contribution in [0, 0.1) is 0 Å². The molecular formula is C22H25ClN2O5. The molecule has 30 heavy (non-hydrogen) atoms. The Morgan fingerprint density at radius 2 is 1.80 bits per heavy atom. The number of allylic oxidation sites excluding steroid dienone is 2. The number of hydrogen-bond donors (Lipinski definition) is 0. The fraction of sp³-hybridized carbons (Fsp3) is 0.364. The highest BCUT2D eigenvalue weighted by Gasteiger charge is 2.27. The molecule has 0 aliphatic carbocycles. The monoisotopic (exact) mass is 432 g/mol. The summed E-state index contributed by atoms with van der Waals surface area (Å²) in [5, 5.41) is 0.406. The Morgan fingerprint density at radius 1 is 1.07 bits per heavy atom. The van der Waals surface area contributed by atoms with E-state index in [1.54, 1.807) is 36.6 Å². The number of halogens is 1. The van der Waals surface area contributed by atoms with Gasteiger partial charge in [-0.3, -0.25) is 4.90 Å². The largest absolute Gasteiger partial charge is 0.491 e. The molecule has 160 valence electrons. The smallest absolute Gasteiger partial charge is 0.355 e. The zero-order chi connectivity index (χ0) is 21.5. The summed E-state index contributed by atoms with van der Waals surface area (Å²) in [6, 6.07) is 5.20. The van der Waals surface area contributed by atoms with Gasteiger partial charge in [-0.1, -0.05) is 17.7 Å². The van der Waals surface area contributed by atoms with E-state index >= 15 is 0 Å². The zero-order valence-electron chi connectivity index (χ0n) is 17.1. The number of esters is 2. The third-order valence-corrected chi connectivity index (χ3v) is 5.24. The van der Waals surface area contributed by atoms with Crippen LogP contribution in [0.1, 0.15) is 12.8 Å². The van der Waals surface area contributed by atoms with Crippen LogP contribution in [-0.4, -0.2) is 57.3 Å². The van der Waals surface area contributed by atoms with Gasteiger partial charge in [0.1, 0.15) is 18.1 Å². The summed E-state index contributed by atoms with van der Waals surface area (Å²) in [7, 11) is 2.51. The van der Waals surface area contributed by atoms with Crippen LogP contribution in [0.3, 0.4) is 0 Å². The van der Waals surface area contributed by atoms with Gasteiger partial charge in [0.05, 0.1) is 24.8 Å². The van der Waals surface area contributed by atoms with Crippen molar-refractivity contribution in [3.63, 3.8) is 0 Å². The molecule has 0 aromatic heterocycles. The van der Waals surface area contributed by atoms with E-state index in [1.165, 1.54) is 38.0 Å². The number of nitrogens with zero attached hydrogens (tertiary/aromatic N) is 2. The lowest BCUT2D eigenvalue weighted by Gasteiger charge is -2.23. The van der Waals surface area contributed by atoms with E-state index in [4.69, 9.17) is 25.8 Å². The normalized spacial score (nSPS) is 16.6. The second kappa shape index (κ2) is 10.3. The highest BCUT2D eigenvalue weighted by molar-refractivity contribution is 6.32. The van der Waals surface area contributed by atoms with Crippen LogP contribution in [0.4, 0.5) is 5.69 Å². The molecule has 2 aliphatic heterocycles. The van der Waals surface area contributed by atoms with Crippen LogP contribution in [-0.2, 0) is 19.1 Å². The fourth-order valence-corrected chi connectivity index (χ4v) is 3.64. The minimum absolute atomic E-state index is 0.0353. The first-order valence-electron chi connectivity index (χ1n) is 9.75. The second-order valence-corrected chi connectivity index (χ2v) is 7.24. The Bertz CT molecular complexity index is 888. The van der Waals surface area contributed by atoms with Crippen LogP contribution in [0.5, 0.6) is 5.75 Å². The van der Waals surface area contributed by atoms with E-state index in [9.17, 15) is 9.59 Å². The quantitative estimate of drug-likeness (QED) is 0.612. The summed E-state index contributed by atoms with van der Waals surface area (Å²) in [4.78, 5) is 28.6. The minimum atomic E-state index is -0.673. The van der Waals surface area contributed by atoms with E-state index in [0.29, 0.717) is 23.1 Å². The molecule has 2 aliphatic rings. The first-order valence-corrected chi connectivity index (χ1v) is 10.1. The van der Waals surface area contributed by atoms with Crippen molar-refractivity contribution in [3.05, 3.63) is 58.9 Å². The molecule has 0 atom stereocenters. The Balaban J connectivity index is 1.84. The van der Waals surface area contributed by atoms with Crippen LogP contribution in [0.25, 0.3) is 0 Å². The average Bonchev–Trinajstić information content (AvgIpc) is 3.17. The first kappa shape index (κ1) is 21.9. The van der Waals surface area contributed by atoms with Crippen LogP contribution in [0.15, 0.2) is 53.9 Å². The standard InChI is InChI=1S/C22H25ClN2O5/c1-28-21(26)17-7-3-4-12-25(20(17)22(27)29-2)16-8-9-19(18(23)15-16)30-14-13-24-10-5-6-11-24/h3-4,7-9,12,15H,5-6,10-11,13-14H2,1-2H3. The number of anilines is 1. The molecule has 1 saturated heterocycles. The lowest BCUT2D eigenvalue weighted by atomic mass is 10.1. The van der Waals surface area contributed by atoms with Crippen molar-refractivity contribution in [2.75, 3.05) is 45.4 Å². The summed E-state index contributed by atoms with van der Waals surface area (Å²) in [6.45, 7) is 3.62. The molecule has 7 nitrogen and oxygen atoms in total. The second-order valence-electron chi connectivity index (χ2n) is 6.83. The summed E-state index contributed by atoms with van der Waals surface area (Å²) in [5.74, 6) is -0.754. The molecule has 0 radical (unpaired) electrons. The van der Waals surface area contributed by atoms with E-state index in [2.05, 4.69) is 4.90 Å². The van der Waals surface area contributed by atoms with Gasteiger partial charge in [-0.2, -0.15) is 0 Å². The van der Waals surface area contributed by atoms with Crippen molar-refractivity contribution in [2.45, 2.75) is 12.8 Å². The third kappa shape index (κ3) is 5.04. The lowest BCUT2D eigenvalue weighted by Crippen LogP contribution is -2.27. The van der Waals surface area contributed by atoms with Gasteiger partial charge >= 0.3 is 11.9 Å². The van der Waals surface area contributed by atoms with Crippen molar-refractivity contribution >= 4 is 29.2 Å². The number of methoxy groups -OCH3 is 2. The maximum absolute atomic E-state index is 12.5. The molecule has 8 heteroatoms. The zero-order valence-corrected chi connectivity index (χ0v) is 17.9. The van der Waals surface area contributed by atoms with Crippen LogP contribution in [0.2, 0.25) is 5.02 Å². The van der Waals surface area contributed by atoms with Crippen molar-refractivity contribution in [1.82, 2.24) is 4.90 Å². The molecule has 3 rings (SSSR count). The molecule has 1 aromatic carbocycles. The number of benzene rings is 1. The van der Waals surface area contributed by atoms with Gasteiger partial charge in [0, 0.05) is 18.4 Å². The number of ether oxygens (including phenoxy) is 3. The summed E-state index contributed by atoms with van der Waals surface area (Å²) < 4.78 is 15.6. The molecule has 0 spiro atoms. The molecule has 0 saturated carbocycles. The topological polar surface area (TPSA) is 68.3 Å². The predicted molar refractivity (Wildman–Crippen MR) is 114 cm³/mol. The van der Waals surface area contributed by atoms with Crippen molar-refractivity contribution < 1.29 is 23.8 Å². The Hall–Kier alpha value is -2.77. The van der Waals surface area contributed by atoms with Gasteiger partial charge < -0.3 is 19.1 Å². The van der Waals surface area contributed by atoms with Crippen molar-refractivity contribution in [3.8, 4) is 5.75 Å². The highest BCUT2D eigenvalue weighted by Crippen LogP contribution is 2.33. The number of likely N-dealkylation sites (tertiary alicyclic amines) is 1. The van der Waals surface area contributed by atoms with Gasteiger partial charge in [-0.25, -0.2) is 9.59 Å². The average molecular weight is 433 g/mol. The van der Waals surface area contributed by atoms with E-state index in [1.807, 2.05) is 0 Å². The Morgan fingerprint density at radius 3 is 2.47 bits per heavy atom. The molecule has 0 bridgehead atoms. The summed E-state index contributed by atoms with van der Waals surface area (Å²) in [6.07, 6.45) is 8.97. The van der Waals surface area contributed by atoms with Crippen molar-refractivity contribution in [1.29, 1.82) is 0 Å². The molecule has 0 unspecified atom stereocenters. The maximum Gasteiger partial charge on any atom is 0.355 e. The van der Waals surface area contributed by atoms with Gasteiger partial charge in [0.2, 0.25) is 0 Å². The summed E-state index contributed by atoms with van der Waals surface area (Å²) in [5.41, 5.74) is 0.693. The molecule has 1 aromatic rings. The van der Waals surface area contributed by atoms with Gasteiger partial charge in [0.25, 0.3) is 0 Å². The number of carbonyl (C=O) groups excluding carboxylic acids is 2. The SMILES string of the molecule is COC(=O)C1=C(C(=O)OC)N(c2ccc(OCCN3CCCC3)c(Cl)c2)C=CC=C1. The van der Waals surface area contributed by atoms with Gasteiger partial charge in [-0.05, 0) is 56.3 Å².